The summed E-state index contributed by atoms with van der Waals surface area (Å²) in [5.74, 6) is 4.57. The fourth-order valence-corrected chi connectivity index (χ4v) is 1.78. The van der Waals surface area contributed by atoms with Gasteiger partial charge in [-0.3, -0.25) is 25.0 Å². The van der Waals surface area contributed by atoms with Crippen LogP contribution in [0.5, 0.6) is 0 Å². The fourth-order valence-electron chi connectivity index (χ4n) is 1.78. The number of hydrogen-bond donors (Lipinski definition) is 4. The molecule has 106 valence electrons. The molecule has 2 rings (SSSR count). The summed E-state index contributed by atoms with van der Waals surface area (Å²) in [5.41, 5.74) is 1.99. The van der Waals surface area contributed by atoms with E-state index in [9.17, 15) is 19.7 Å². The molecule has 0 radical (unpaired) electrons. The van der Waals surface area contributed by atoms with E-state index in [0.717, 1.165) is 6.07 Å². The molecule has 1 fully saturated rings. The second-order valence-electron chi connectivity index (χ2n) is 4.15. The Kier molecular flexibility index (Phi) is 3.75. The van der Waals surface area contributed by atoms with Gasteiger partial charge in [0.05, 0.1) is 17.1 Å². The molecule has 5 N–H and O–H groups in total. The summed E-state index contributed by atoms with van der Waals surface area (Å²) in [7, 11) is 0. The number of aromatic nitrogens is 1. The summed E-state index contributed by atoms with van der Waals surface area (Å²) in [6.45, 7) is 0. The molecule has 1 aliphatic heterocycles. The van der Waals surface area contributed by atoms with E-state index in [1.54, 1.807) is 0 Å². The predicted octanol–water partition coefficient (Wildman–Crippen LogP) is -0.508. The van der Waals surface area contributed by atoms with Crippen LogP contribution in [0.1, 0.15) is 12.8 Å². The minimum Gasteiger partial charge on any atom is -0.358 e. The van der Waals surface area contributed by atoms with Crippen LogP contribution in [0.3, 0.4) is 0 Å². The van der Waals surface area contributed by atoms with E-state index < -0.39 is 16.9 Å². The lowest BCUT2D eigenvalue weighted by Gasteiger charge is -2.22. The average molecular weight is 280 g/mol. The largest absolute Gasteiger partial charge is 0.358 e. The molecular formula is C10H12N6O4. The smallest absolute Gasteiger partial charge is 0.276 e. The van der Waals surface area contributed by atoms with Gasteiger partial charge in [0.15, 0.2) is 0 Å². The van der Waals surface area contributed by atoms with E-state index >= 15 is 0 Å². The van der Waals surface area contributed by atoms with Gasteiger partial charge in [-0.05, 0) is 6.42 Å². The number of pyridine rings is 1. The first-order valence-electron chi connectivity index (χ1n) is 5.73. The van der Waals surface area contributed by atoms with Crippen LogP contribution in [0.15, 0.2) is 12.1 Å². The Morgan fingerprint density at radius 1 is 1.40 bits per heavy atom. The third-order valence-electron chi connectivity index (χ3n) is 2.73. The second kappa shape index (κ2) is 5.48. The van der Waals surface area contributed by atoms with Crippen molar-refractivity contribution < 1.29 is 14.5 Å². The van der Waals surface area contributed by atoms with Crippen molar-refractivity contribution in [3.63, 3.8) is 0 Å². The van der Waals surface area contributed by atoms with Gasteiger partial charge in [-0.15, -0.1) is 0 Å². The Bertz CT molecular complexity index is 575. The first-order valence-corrected chi connectivity index (χ1v) is 5.73. The summed E-state index contributed by atoms with van der Waals surface area (Å²) >= 11 is 0. The normalized spacial score (nSPS) is 18.4. The lowest BCUT2D eigenvalue weighted by Crippen LogP contribution is -2.47. The van der Waals surface area contributed by atoms with E-state index in [4.69, 9.17) is 5.84 Å². The number of nitrogens with two attached hydrogens (primary N) is 1. The molecule has 0 aliphatic carbocycles. The minimum absolute atomic E-state index is 0.0917. The molecule has 0 saturated carbocycles. The van der Waals surface area contributed by atoms with Gasteiger partial charge in [0.1, 0.15) is 17.7 Å². The monoisotopic (exact) mass is 280 g/mol. The number of nitrogens with one attached hydrogen (secondary N) is 3. The molecule has 20 heavy (non-hydrogen) atoms. The second-order valence-corrected chi connectivity index (χ2v) is 4.15. The molecule has 0 bridgehead atoms. The Hall–Kier alpha value is -2.75. The molecule has 0 aromatic carbocycles. The first kappa shape index (κ1) is 13.7. The molecule has 1 aliphatic rings. The van der Waals surface area contributed by atoms with Crippen LogP contribution in [-0.4, -0.2) is 27.8 Å². The molecule has 1 unspecified atom stereocenters. The van der Waals surface area contributed by atoms with Crippen molar-refractivity contribution in [2.45, 2.75) is 18.9 Å². The maximum atomic E-state index is 11.6. The molecule has 1 atom stereocenters. The van der Waals surface area contributed by atoms with E-state index in [2.05, 4.69) is 21.0 Å². The molecule has 2 heterocycles. The number of imide groups is 1. The van der Waals surface area contributed by atoms with E-state index in [1.807, 2.05) is 0 Å². The maximum absolute atomic E-state index is 11.6. The van der Waals surface area contributed by atoms with Crippen LogP contribution >= 0.6 is 0 Å². The number of carbonyl (C=O) groups excluding carboxylic acids is 2. The summed E-state index contributed by atoms with van der Waals surface area (Å²) in [5, 5.41) is 15.7. The Labute approximate surface area is 112 Å². The highest BCUT2D eigenvalue weighted by molar-refractivity contribution is 6.01. The molecule has 10 heteroatoms. The number of hydrazine groups is 1. The van der Waals surface area contributed by atoms with Crippen molar-refractivity contribution in [2.75, 3.05) is 10.7 Å². The van der Waals surface area contributed by atoms with Crippen LogP contribution in [0.2, 0.25) is 0 Å². The van der Waals surface area contributed by atoms with Crippen LogP contribution in [-0.2, 0) is 9.59 Å². The number of carbonyl (C=O) groups is 2. The quantitative estimate of drug-likeness (QED) is 0.249. The zero-order valence-corrected chi connectivity index (χ0v) is 10.3. The molecule has 1 aromatic heterocycles. The Morgan fingerprint density at radius 3 is 2.70 bits per heavy atom. The number of anilines is 2. The minimum atomic E-state index is -0.673. The van der Waals surface area contributed by atoms with E-state index in [1.165, 1.54) is 6.07 Å². The zero-order chi connectivity index (χ0) is 14.7. The van der Waals surface area contributed by atoms with Crippen molar-refractivity contribution in [2.24, 2.45) is 5.84 Å². The first-order chi connectivity index (χ1) is 9.49. The van der Waals surface area contributed by atoms with E-state index in [0.29, 0.717) is 6.42 Å². The van der Waals surface area contributed by atoms with Crippen molar-refractivity contribution in [1.82, 2.24) is 10.3 Å². The van der Waals surface area contributed by atoms with E-state index in [-0.39, 0.29) is 29.7 Å². The molecule has 0 spiro atoms. The standard InChI is InChI=1S/C10H12N6O4/c11-15-8-4-5(16(19)20)3-7(13-8)12-6-1-2-9(17)14-10(6)18/h3-4,6H,1-2,11H2,(H2,12,13,15)(H,14,17,18). The van der Waals surface area contributed by atoms with Gasteiger partial charge >= 0.3 is 0 Å². The number of nitro groups is 1. The van der Waals surface area contributed by atoms with Gasteiger partial charge < -0.3 is 10.7 Å². The number of rotatable bonds is 4. The third kappa shape index (κ3) is 2.98. The van der Waals surface area contributed by atoms with Gasteiger partial charge in [-0.2, -0.15) is 0 Å². The molecule has 2 amide bonds. The summed E-state index contributed by atoms with van der Waals surface area (Å²) in [6.07, 6.45) is 0.487. The topological polar surface area (TPSA) is 152 Å². The third-order valence-corrected chi connectivity index (χ3v) is 2.73. The van der Waals surface area contributed by atoms with Crippen molar-refractivity contribution in [3.8, 4) is 0 Å². The van der Waals surface area contributed by atoms with Crippen LogP contribution < -0.4 is 21.9 Å². The average Bonchev–Trinajstić information content (AvgIpc) is 2.41. The zero-order valence-electron chi connectivity index (χ0n) is 10.3. The van der Waals surface area contributed by atoms with Gasteiger partial charge in [0.25, 0.3) is 5.69 Å². The highest BCUT2D eigenvalue weighted by Crippen LogP contribution is 2.21. The van der Waals surface area contributed by atoms with Crippen LogP contribution in [0.4, 0.5) is 17.3 Å². The van der Waals surface area contributed by atoms with Gasteiger partial charge in [0, 0.05) is 6.42 Å². The van der Waals surface area contributed by atoms with Gasteiger partial charge in [-0.25, -0.2) is 10.8 Å². The lowest BCUT2D eigenvalue weighted by atomic mass is 10.1. The van der Waals surface area contributed by atoms with Crippen LogP contribution in [0.25, 0.3) is 0 Å². The Balaban J connectivity index is 2.20. The lowest BCUT2D eigenvalue weighted by molar-refractivity contribution is -0.384. The molecule has 10 nitrogen and oxygen atoms in total. The fraction of sp³-hybridized carbons (Fsp3) is 0.300. The summed E-state index contributed by atoms with van der Waals surface area (Å²) in [6, 6.07) is 1.67. The molecule has 1 aromatic rings. The molecular weight excluding hydrogens is 268 g/mol. The van der Waals surface area contributed by atoms with Crippen molar-refractivity contribution in [3.05, 3.63) is 22.2 Å². The SMILES string of the molecule is NNc1cc([N+](=O)[O-])cc(NC2CCC(=O)NC2=O)n1. The molecule has 1 saturated heterocycles. The van der Waals surface area contributed by atoms with Crippen molar-refractivity contribution in [1.29, 1.82) is 0 Å². The summed E-state index contributed by atoms with van der Waals surface area (Å²) in [4.78, 5) is 36.8. The van der Waals surface area contributed by atoms with Crippen LogP contribution in [0, 0.1) is 10.1 Å². The Morgan fingerprint density at radius 2 is 2.10 bits per heavy atom. The van der Waals surface area contributed by atoms with Gasteiger partial charge in [0.2, 0.25) is 11.8 Å². The highest BCUT2D eigenvalue weighted by Gasteiger charge is 2.27. The predicted molar refractivity (Wildman–Crippen MR) is 68.5 cm³/mol. The number of amides is 2. The maximum Gasteiger partial charge on any atom is 0.276 e. The number of piperidine rings is 1. The van der Waals surface area contributed by atoms with Gasteiger partial charge in [-0.1, -0.05) is 0 Å². The van der Waals surface area contributed by atoms with Crippen molar-refractivity contribution >= 4 is 29.1 Å². The number of nitrogen functional groups attached to an aromatic ring is 1. The summed E-state index contributed by atoms with van der Waals surface area (Å²) < 4.78 is 0. The number of nitrogens with zero attached hydrogens (tertiary/aromatic N) is 2. The number of hydrogen-bond acceptors (Lipinski definition) is 8. The highest BCUT2D eigenvalue weighted by atomic mass is 16.6.